The molecule has 0 heterocycles. The number of nitrogens with one attached hydrogen (secondary N) is 3. The van der Waals surface area contributed by atoms with E-state index in [1.807, 2.05) is 84.9 Å². The predicted molar refractivity (Wildman–Crippen MR) is 174 cm³/mol. The molecular weight excluding hydrogens is 570 g/mol. The Balaban J connectivity index is 1.28. The fourth-order valence-corrected chi connectivity index (χ4v) is 4.88. The number of amides is 3. The van der Waals surface area contributed by atoms with Gasteiger partial charge in [-0.25, -0.2) is 0 Å². The highest BCUT2D eigenvalue weighted by atomic mass is 16.5. The summed E-state index contributed by atoms with van der Waals surface area (Å²) in [6, 6.07) is 28.6. The van der Waals surface area contributed by atoms with E-state index >= 15 is 0 Å². The van der Waals surface area contributed by atoms with Crippen molar-refractivity contribution in [2.75, 3.05) is 18.5 Å². The van der Waals surface area contributed by atoms with Crippen molar-refractivity contribution in [3.63, 3.8) is 0 Å². The third-order valence-electron chi connectivity index (χ3n) is 7.33. The largest absolute Gasteiger partial charge is 0.489 e. The summed E-state index contributed by atoms with van der Waals surface area (Å²) >= 11 is 0. The lowest BCUT2D eigenvalue weighted by Gasteiger charge is -2.22. The van der Waals surface area contributed by atoms with E-state index in [9.17, 15) is 24.6 Å². The summed E-state index contributed by atoms with van der Waals surface area (Å²) in [6.07, 6.45) is 1.88. The average molecular weight is 610 g/mol. The van der Waals surface area contributed by atoms with Gasteiger partial charge in [0.25, 0.3) is 0 Å². The number of carbonyl (C=O) groups is 3. The van der Waals surface area contributed by atoms with Gasteiger partial charge in [0.2, 0.25) is 17.7 Å². The molecule has 234 valence electrons. The van der Waals surface area contributed by atoms with E-state index in [0.29, 0.717) is 24.5 Å². The first-order valence-electron chi connectivity index (χ1n) is 14.9. The van der Waals surface area contributed by atoms with Crippen molar-refractivity contribution in [3.05, 3.63) is 121 Å². The Hall–Kier alpha value is -4.99. The molecule has 9 heteroatoms. The van der Waals surface area contributed by atoms with Gasteiger partial charge in [-0.1, -0.05) is 78.9 Å². The molecule has 3 amide bonds. The fourth-order valence-electron chi connectivity index (χ4n) is 4.88. The molecule has 0 aliphatic carbocycles. The van der Waals surface area contributed by atoms with E-state index in [1.165, 1.54) is 6.08 Å². The summed E-state index contributed by atoms with van der Waals surface area (Å²) in [6.45, 7) is 3.21. The second kappa shape index (κ2) is 16.7. The minimum atomic E-state index is -1.22. The highest BCUT2D eigenvalue weighted by molar-refractivity contribution is 5.99. The molecule has 0 radical (unpaired) electrons. The van der Waals surface area contributed by atoms with Crippen LogP contribution in [-0.2, 0) is 27.4 Å². The van der Waals surface area contributed by atoms with Crippen molar-refractivity contribution in [1.29, 1.82) is 0 Å². The van der Waals surface area contributed by atoms with Crippen molar-refractivity contribution >= 4 is 34.2 Å². The number of anilines is 1. The molecule has 0 spiro atoms. The van der Waals surface area contributed by atoms with Crippen LogP contribution < -0.4 is 20.7 Å². The number of allylic oxidation sites excluding steroid dienone is 1. The molecule has 0 fully saturated rings. The molecule has 9 nitrogen and oxygen atoms in total. The molecule has 0 bridgehead atoms. The number of hydrogen-bond donors (Lipinski definition) is 5. The number of rotatable bonds is 16. The third-order valence-corrected chi connectivity index (χ3v) is 7.33. The van der Waals surface area contributed by atoms with Crippen molar-refractivity contribution in [2.24, 2.45) is 5.92 Å². The van der Waals surface area contributed by atoms with Crippen LogP contribution in [0.1, 0.15) is 24.0 Å². The van der Waals surface area contributed by atoms with Crippen LogP contribution in [0, 0.1) is 5.92 Å². The number of carbonyl (C=O) groups excluding carboxylic acids is 3. The number of aliphatic hydroxyl groups excluding tert-OH is 2. The molecule has 4 rings (SSSR count). The highest BCUT2D eigenvalue weighted by Gasteiger charge is 2.27. The molecule has 0 saturated heterocycles. The summed E-state index contributed by atoms with van der Waals surface area (Å²) in [5, 5.41) is 29.8. The van der Waals surface area contributed by atoms with Gasteiger partial charge in [-0.3, -0.25) is 14.4 Å². The Morgan fingerprint density at radius 2 is 1.49 bits per heavy atom. The smallest absolute Gasteiger partial charge is 0.249 e. The second-order valence-electron chi connectivity index (χ2n) is 10.8. The van der Waals surface area contributed by atoms with E-state index in [4.69, 9.17) is 4.74 Å². The van der Waals surface area contributed by atoms with Crippen LogP contribution in [0.2, 0.25) is 0 Å². The lowest BCUT2D eigenvalue weighted by atomic mass is 9.98. The Kier molecular flexibility index (Phi) is 12.2. The predicted octanol–water partition coefficient (Wildman–Crippen LogP) is 4.14. The second-order valence-corrected chi connectivity index (χ2v) is 10.8. The van der Waals surface area contributed by atoms with E-state index < -0.39 is 42.3 Å². The first kappa shape index (κ1) is 32.9. The first-order valence-corrected chi connectivity index (χ1v) is 14.9. The van der Waals surface area contributed by atoms with Crippen LogP contribution in [0.15, 0.2) is 110 Å². The molecule has 3 unspecified atom stereocenters. The van der Waals surface area contributed by atoms with Crippen LogP contribution in [0.25, 0.3) is 10.8 Å². The lowest BCUT2D eigenvalue weighted by Crippen LogP contribution is -2.49. The quantitative estimate of drug-likeness (QED) is 0.121. The molecule has 4 aromatic rings. The molecular formula is C36H39N3O6. The lowest BCUT2D eigenvalue weighted by molar-refractivity contribution is -0.133. The van der Waals surface area contributed by atoms with Crippen LogP contribution in [0.4, 0.5) is 5.69 Å². The first-order chi connectivity index (χ1) is 21.9. The molecule has 0 aromatic heterocycles. The highest BCUT2D eigenvalue weighted by Crippen LogP contribution is 2.20. The Morgan fingerprint density at radius 3 is 2.18 bits per heavy atom. The SMILES string of the molecule is C=CCC(CC(=O)NC(CO)Cc1ccc(OCc2ccccc2)cc1)C(=O)NC(CO)C(=O)Nc1ccc2ccccc2c1. The standard InChI is InChI=1S/C36H39N3O6/c1-2-8-29(35(43)39-33(23-41)36(44)38-30-16-15-27-11-6-7-12-28(27)20-30)21-34(42)37-31(22-40)19-25-13-17-32(18-14-25)45-24-26-9-4-3-5-10-26/h2-7,9-18,20,29,31,33,40-41H,1,8,19,21-24H2,(H,37,42)(H,38,44)(H,39,43). The molecule has 4 aromatic carbocycles. The van der Waals surface area contributed by atoms with Crippen molar-refractivity contribution < 1.29 is 29.3 Å². The zero-order valence-electron chi connectivity index (χ0n) is 25.0. The van der Waals surface area contributed by atoms with Gasteiger partial charge in [0, 0.05) is 12.1 Å². The number of benzene rings is 4. The maximum atomic E-state index is 13.1. The Morgan fingerprint density at radius 1 is 0.778 bits per heavy atom. The van der Waals surface area contributed by atoms with E-state index in [-0.39, 0.29) is 19.4 Å². The van der Waals surface area contributed by atoms with E-state index in [2.05, 4.69) is 22.5 Å². The minimum absolute atomic E-state index is 0.179. The van der Waals surface area contributed by atoms with E-state index in [1.54, 1.807) is 12.1 Å². The van der Waals surface area contributed by atoms with Gasteiger partial charge in [-0.15, -0.1) is 6.58 Å². The average Bonchev–Trinajstić information content (AvgIpc) is 3.06. The summed E-state index contributed by atoms with van der Waals surface area (Å²) in [4.78, 5) is 38.9. The van der Waals surface area contributed by atoms with Crippen molar-refractivity contribution in [3.8, 4) is 5.75 Å². The topological polar surface area (TPSA) is 137 Å². The zero-order chi connectivity index (χ0) is 32.0. The van der Waals surface area contributed by atoms with Gasteiger partial charge in [-0.05, 0) is 59.0 Å². The molecule has 5 N–H and O–H groups in total. The summed E-state index contributed by atoms with van der Waals surface area (Å²) in [7, 11) is 0. The molecule has 45 heavy (non-hydrogen) atoms. The van der Waals surface area contributed by atoms with Crippen molar-refractivity contribution in [2.45, 2.75) is 38.0 Å². The zero-order valence-corrected chi connectivity index (χ0v) is 25.0. The maximum absolute atomic E-state index is 13.1. The summed E-state index contributed by atoms with van der Waals surface area (Å²) < 4.78 is 5.82. The number of fused-ring (bicyclic) bond motifs is 1. The minimum Gasteiger partial charge on any atom is -0.489 e. The monoisotopic (exact) mass is 609 g/mol. The number of hydrogen-bond acceptors (Lipinski definition) is 6. The molecule has 0 aliphatic heterocycles. The molecule has 0 saturated carbocycles. The Bertz CT molecular complexity index is 1580. The number of aliphatic hydroxyl groups is 2. The molecule has 3 atom stereocenters. The van der Waals surface area contributed by atoms with Crippen LogP contribution in [0.5, 0.6) is 5.75 Å². The van der Waals surface area contributed by atoms with Crippen LogP contribution in [-0.4, -0.2) is 53.2 Å². The fraction of sp³-hybridized carbons (Fsp3) is 0.250. The van der Waals surface area contributed by atoms with Gasteiger partial charge in [0.05, 0.1) is 25.2 Å². The third kappa shape index (κ3) is 10.0. The molecule has 0 aliphatic rings. The Labute approximate surface area is 262 Å². The number of ether oxygens (including phenoxy) is 1. The van der Waals surface area contributed by atoms with Gasteiger partial charge in [0.1, 0.15) is 18.4 Å². The normalized spacial score (nSPS) is 12.8. The van der Waals surface area contributed by atoms with Gasteiger partial charge in [0.15, 0.2) is 0 Å². The summed E-state index contributed by atoms with van der Waals surface area (Å²) in [5.41, 5.74) is 2.48. The van der Waals surface area contributed by atoms with Crippen molar-refractivity contribution in [1.82, 2.24) is 10.6 Å². The van der Waals surface area contributed by atoms with Gasteiger partial charge in [-0.2, -0.15) is 0 Å². The van der Waals surface area contributed by atoms with Gasteiger partial charge >= 0.3 is 0 Å². The van der Waals surface area contributed by atoms with Crippen LogP contribution >= 0.6 is 0 Å². The van der Waals surface area contributed by atoms with E-state index in [0.717, 1.165) is 21.9 Å². The van der Waals surface area contributed by atoms with Crippen LogP contribution in [0.3, 0.4) is 0 Å². The van der Waals surface area contributed by atoms with Gasteiger partial charge < -0.3 is 30.9 Å². The maximum Gasteiger partial charge on any atom is 0.249 e. The summed E-state index contributed by atoms with van der Waals surface area (Å²) in [5.74, 6) is -1.70.